The summed E-state index contributed by atoms with van der Waals surface area (Å²) >= 11 is 0. The van der Waals surface area contributed by atoms with Crippen LogP contribution in [-0.2, 0) is 13.0 Å². The molecule has 0 unspecified atom stereocenters. The maximum atomic E-state index is 13.3. The van der Waals surface area contributed by atoms with Gasteiger partial charge in [-0.05, 0) is 24.1 Å². The maximum Gasteiger partial charge on any atom is 0.229 e. The van der Waals surface area contributed by atoms with Gasteiger partial charge in [0.05, 0.1) is 12.3 Å². The maximum absolute atomic E-state index is 13.3. The summed E-state index contributed by atoms with van der Waals surface area (Å²) in [7, 11) is 0. The van der Waals surface area contributed by atoms with Gasteiger partial charge < -0.3 is 10.0 Å². The molecule has 92 valence electrons. The number of anilines is 2. The van der Waals surface area contributed by atoms with Crippen molar-refractivity contribution in [3.8, 4) is 0 Å². The van der Waals surface area contributed by atoms with Crippen LogP contribution in [0.3, 0.4) is 0 Å². The van der Waals surface area contributed by atoms with Gasteiger partial charge in [-0.3, -0.25) is 0 Å². The highest BCUT2D eigenvalue weighted by molar-refractivity contribution is 5.65. The summed E-state index contributed by atoms with van der Waals surface area (Å²) in [6.07, 6.45) is 4.03. The fourth-order valence-corrected chi connectivity index (χ4v) is 2.13. The van der Waals surface area contributed by atoms with E-state index >= 15 is 0 Å². The number of hydrogen-bond acceptors (Lipinski definition) is 4. The quantitative estimate of drug-likeness (QED) is 0.876. The largest absolute Gasteiger partial charge is 0.392 e. The molecule has 0 saturated heterocycles. The second kappa shape index (κ2) is 4.34. The van der Waals surface area contributed by atoms with Gasteiger partial charge in [-0.1, -0.05) is 6.07 Å². The molecule has 1 N–H and O–H groups in total. The van der Waals surface area contributed by atoms with E-state index in [0.29, 0.717) is 11.5 Å². The van der Waals surface area contributed by atoms with Crippen LogP contribution in [0, 0.1) is 5.82 Å². The molecule has 1 aromatic carbocycles. The first-order valence-electron chi connectivity index (χ1n) is 5.75. The molecule has 18 heavy (non-hydrogen) atoms. The van der Waals surface area contributed by atoms with Gasteiger partial charge in [0.2, 0.25) is 5.95 Å². The standard InChI is InChI=1S/C13H12FN3O/c14-11-2-1-10-3-4-17(12(10)5-11)13-15-6-9(8-18)7-16-13/h1-2,5-7,18H,3-4,8H2. The number of aliphatic hydroxyl groups excluding tert-OH is 1. The third-order valence-electron chi connectivity index (χ3n) is 3.06. The number of benzene rings is 1. The Morgan fingerprint density at radius 3 is 2.78 bits per heavy atom. The Bertz CT molecular complexity index is 571. The Morgan fingerprint density at radius 1 is 1.28 bits per heavy atom. The highest BCUT2D eigenvalue weighted by Crippen LogP contribution is 2.32. The van der Waals surface area contributed by atoms with Crippen LogP contribution in [0.4, 0.5) is 16.0 Å². The number of rotatable bonds is 2. The van der Waals surface area contributed by atoms with Gasteiger partial charge >= 0.3 is 0 Å². The van der Waals surface area contributed by atoms with Crippen molar-refractivity contribution in [2.24, 2.45) is 0 Å². The summed E-state index contributed by atoms with van der Waals surface area (Å²) in [6.45, 7) is 0.669. The van der Waals surface area contributed by atoms with E-state index in [0.717, 1.165) is 24.2 Å². The van der Waals surface area contributed by atoms with Crippen LogP contribution in [0.2, 0.25) is 0 Å². The minimum Gasteiger partial charge on any atom is -0.392 e. The van der Waals surface area contributed by atoms with E-state index in [1.807, 2.05) is 4.90 Å². The van der Waals surface area contributed by atoms with Crippen molar-refractivity contribution in [2.45, 2.75) is 13.0 Å². The molecule has 0 spiro atoms. The first-order valence-corrected chi connectivity index (χ1v) is 5.75. The molecule has 1 aliphatic heterocycles. The predicted octanol–water partition coefficient (Wildman–Crippen LogP) is 1.80. The molecule has 0 saturated carbocycles. The van der Waals surface area contributed by atoms with Crippen molar-refractivity contribution in [1.82, 2.24) is 9.97 Å². The molecule has 5 heteroatoms. The monoisotopic (exact) mass is 245 g/mol. The Labute approximate surface area is 104 Å². The van der Waals surface area contributed by atoms with Gasteiger partial charge in [0.15, 0.2) is 0 Å². The number of nitrogens with zero attached hydrogens (tertiary/aromatic N) is 3. The summed E-state index contributed by atoms with van der Waals surface area (Å²) in [5.74, 6) is 0.282. The molecule has 4 nitrogen and oxygen atoms in total. The third-order valence-corrected chi connectivity index (χ3v) is 3.06. The number of aromatic nitrogens is 2. The van der Waals surface area contributed by atoms with E-state index in [9.17, 15) is 4.39 Å². The summed E-state index contributed by atoms with van der Waals surface area (Å²) in [5.41, 5.74) is 2.59. The van der Waals surface area contributed by atoms with Crippen LogP contribution in [0.25, 0.3) is 0 Å². The number of fused-ring (bicyclic) bond motifs is 1. The van der Waals surface area contributed by atoms with Crippen LogP contribution < -0.4 is 4.90 Å². The van der Waals surface area contributed by atoms with Gasteiger partial charge in [-0.25, -0.2) is 14.4 Å². The molecule has 0 amide bonds. The van der Waals surface area contributed by atoms with E-state index in [1.54, 1.807) is 18.5 Å². The minimum atomic E-state index is -0.257. The van der Waals surface area contributed by atoms with Crippen LogP contribution >= 0.6 is 0 Å². The first-order chi connectivity index (χ1) is 8.78. The van der Waals surface area contributed by atoms with Crippen molar-refractivity contribution >= 4 is 11.6 Å². The molecule has 2 aromatic rings. The zero-order chi connectivity index (χ0) is 12.5. The van der Waals surface area contributed by atoms with Gasteiger partial charge in [0, 0.05) is 24.5 Å². The zero-order valence-corrected chi connectivity index (χ0v) is 9.67. The molecule has 0 bridgehead atoms. The summed E-state index contributed by atoms with van der Waals surface area (Å²) in [4.78, 5) is 10.3. The number of halogens is 1. The Morgan fingerprint density at radius 2 is 2.06 bits per heavy atom. The van der Waals surface area contributed by atoms with Crippen molar-refractivity contribution < 1.29 is 9.50 Å². The van der Waals surface area contributed by atoms with Gasteiger partial charge in [-0.2, -0.15) is 0 Å². The van der Waals surface area contributed by atoms with Crippen molar-refractivity contribution in [2.75, 3.05) is 11.4 Å². The summed E-state index contributed by atoms with van der Waals surface area (Å²) in [5, 5.41) is 8.94. The van der Waals surface area contributed by atoms with Crippen LogP contribution in [0.15, 0.2) is 30.6 Å². The van der Waals surface area contributed by atoms with E-state index in [-0.39, 0.29) is 12.4 Å². The average Bonchev–Trinajstić information content (AvgIpc) is 2.82. The van der Waals surface area contributed by atoms with Crippen LogP contribution in [0.5, 0.6) is 0 Å². The zero-order valence-electron chi connectivity index (χ0n) is 9.67. The van der Waals surface area contributed by atoms with E-state index in [1.165, 1.54) is 12.1 Å². The lowest BCUT2D eigenvalue weighted by molar-refractivity contribution is 0.281. The van der Waals surface area contributed by atoms with Crippen LogP contribution in [0.1, 0.15) is 11.1 Å². The average molecular weight is 245 g/mol. The van der Waals surface area contributed by atoms with E-state index in [2.05, 4.69) is 9.97 Å². The molecule has 1 aromatic heterocycles. The van der Waals surface area contributed by atoms with Crippen LogP contribution in [-0.4, -0.2) is 21.6 Å². The van der Waals surface area contributed by atoms with Gasteiger partial charge in [-0.15, -0.1) is 0 Å². The lowest BCUT2D eigenvalue weighted by atomic mass is 10.2. The second-order valence-electron chi connectivity index (χ2n) is 4.22. The van der Waals surface area contributed by atoms with E-state index < -0.39 is 0 Å². The highest BCUT2D eigenvalue weighted by Gasteiger charge is 2.22. The third kappa shape index (κ3) is 1.82. The summed E-state index contributed by atoms with van der Waals surface area (Å²) in [6, 6.07) is 4.77. The molecule has 2 heterocycles. The predicted molar refractivity (Wildman–Crippen MR) is 65.1 cm³/mol. The fraction of sp³-hybridized carbons (Fsp3) is 0.231. The molecule has 0 fully saturated rings. The molecule has 0 aliphatic carbocycles. The normalized spacial score (nSPS) is 13.8. The van der Waals surface area contributed by atoms with E-state index in [4.69, 9.17) is 5.11 Å². The topological polar surface area (TPSA) is 49.3 Å². The lowest BCUT2D eigenvalue weighted by Gasteiger charge is -2.16. The Balaban J connectivity index is 1.97. The Hall–Kier alpha value is -2.01. The highest BCUT2D eigenvalue weighted by atomic mass is 19.1. The lowest BCUT2D eigenvalue weighted by Crippen LogP contribution is -2.16. The molecule has 3 rings (SSSR count). The number of aliphatic hydroxyl groups is 1. The smallest absolute Gasteiger partial charge is 0.229 e. The fourth-order valence-electron chi connectivity index (χ4n) is 2.13. The van der Waals surface area contributed by atoms with Crippen molar-refractivity contribution in [1.29, 1.82) is 0 Å². The van der Waals surface area contributed by atoms with Gasteiger partial charge in [0.25, 0.3) is 0 Å². The molecule has 1 aliphatic rings. The van der Waals surface area contributed by atoms with Crippen molar-refractivity contribution in [3.63, 3.8) is 0 Å². The Kier molecular flexibility index (Phi) is 2.68. The minimum absolute atomic E-state index is 0.0779. The summed E-state index contributed by atoms with van der Waals surface area (Å²) < 4.78 is 13.3. The molecular weight excluding hydrogens is 233 g/mol. The second-order valence-corrected chi connectivity index (χ2v) is 4.22. The molecular formula is C13H12FN3O. The SMILES string of the molecule is OCc1cnc(N2CCc3ccc(F)cc32)nc1. The van der Waals surface area contributed by atoms with Gasteiger partial charge in [0.1, 0.15) is 5.82 Å². The number of hydrogen-bond donors (Lipinski definition) is 1. The molecule has 0 atom stereocenters. The van der Waals surface area contributed by atoms with Crippen molar-refractivity contribution in [3.05, 3.63) is 47.5 Å². The molecule has 0 radical (unpaired) electrons. The first kappa shape index (κ1) is 11.1.